The standard InChI is InChI=1S/C15H23N/c1-11-7-6-10-14(12(11)2)15(16)13-8-4-3-5-9-13/h6-7,10,13,15H,3-5,8-9,16H2,1-2H3/t15-/m1/s1. The van der Waals surface area contributed by atoms with Gasteiger partial charge in [-0.15, -0.1) is 0 Å². The molecule has 0 aliphatic heterocycles. The second kappa shape index (κ2) is 5.01. The zero-order chi connectivity index (χ0) is 11.5. The Kier molecular flexibility index (Phi) is 3.65. The number of hydrogen-bond acceptors (Lipinski definition) is 1. The first kappa shape index (κ1) is 11.7. The van der Waals surface area contributed by atoms with Crippen molar-refractivity contribution in [1.82, 2.24) is 0 Å². The average Bonchev–Trinajstić information content (AvgIpc) is 2.33. The molecule has 0 bridgehead atoms. The van der Waals surface area contributed by atoms with Crippen LogP contribution in [0.5, 0.6) is 0 Å². The summed E-state index contributed by atoms with van der Waals surface area (Å²) >= 11 is 0. The van der Waals surface area contributed by atoms with E-state index in [1.165, 1.54) is 48.8 Å². The molecule has 1 aliphatic rings. The lowest BCUT2D eigenvalue weighted by atomic mass is 9.80. The lowest BCUT2D eigenvalue weighted by molar-refractivity contribution is 0.307. The van der Waals surface area contributed by atoms with Gasteiger partial charge in [0.1, 0.15) is 0 Å². The molecule has 0 aromatic heterocycles. The molecule has 1 aromatic rings. The fourth-order valence-corrected chi connectivity index (χ4v) is 2.88. The van der Waals surface area contributed by atoms with Crippen LogP contribution in [-0.2, 0) is 0 Å². The van der Waals surface area contributed by atoms with Gasteiger partial charge >= 0.3 is 0 Å². The van der Waals surface area contributed by atoms with E-state index in [-0.39, 0.29) is 6.04 Å². The monoisotopic (exact) mass is 217 g/mol. The van der Waals surface area contributed by atoms with Crippen LogP contribution in [0.15, 0.2) is 18.2 Å². The second-order valence-corrected chi connectivity index (χ2v) is 5.21. The maximum Gasteiger partial charge on any atom is 0.0326 e. The van der Waals surface area contributed by atoms with Crippen molar-refractivity contribution >= 4 is 0 Å². The molecule has 1 saturated carbocycles. The first-order chi connectivity index (χ1) is 7.70. The molecular weight excluding hydrogens is 194 g/mol. The van der Waals surface area contributed by atoms with Crippen molar-refractivity contribution in [3.8, 4) is 0 Å². The van der Waals surface area contributed by atoms with Gasteiger partial charge < -0.3 is 5.73 Å². The van der Waals surface area contributed by atoms with E-state index in [4.69, 9.17) is 5.73 Å². The third kappa shape index (κ3) is 2.30. The fourth-order valence-electron chi connectivity index (χ4n) is 2.88. The Labute approximate surface area is 99.0 Å². The van der Waals surface area contributed by atoms with Gasteiger partial charge in [-0.2, -0.15) is 0 Å². The fraction of sp³-hybridized carbons (Fsp3) is 0.600. The van der Waals surface area contributed by atoms with Crippen LogP contribution >= 0.6 is 0 Å². The normalized spacial score (nSPS) is 19.7. The highest BCUT2D eigenvalue weighted by Gasteiger charge is 2.22. The van der Waals surface area contributed by atoms with E-state index >= 15 is 0 Å². The SMILES string of the molecule is Cc1cccc([C@H](N)C2CCCCC2)c1C. The Hall–Kier alpha value is -0.820. The molecular formula is C15H23N. The Morgan fingerprint density at radius 3 is 2.50 bits per heavy atom. The topological polar surface area (TPSA) is 26.0 Å². The van der Waals surface area contributed by atoms with Crippen molar-refractivity contribution in [2.24, 2.45) is 11.7 Å². The summed E-state index contributed by atoms with van der Waals surface area (Å²) in [6.07, 6.45) is 6.76. The van der Waals surface area contributed by atoms with Gasteiger partial charge in [0.05, 0.1) is 0 Å². The van der Waals surface area contributed by atoms with Crippen LogP contribution in [0.3, 0.4) is 0 Å². The molecule has 88 valence electrons. The van der Waals surface area contributed by atoms with E-state index < -0.39 is 0 Å². The van der Waals surface area contributed by atoms with Crippen LogP contribution in [0.25, 0.3) is 0 Å². The lowest BCUT2D eigenvalue weighted by Gasteiger charge is -2.29. The minimum absolute atomic E-state index is 0.250. The molecule has 0 radical (unpaired) electrons. The summed E-state index contributed by atoms with van der Waals surface area (Å²) in [5.74, 6) is 0.703. The molecule has 0 saturated heterocycles. The van der Waals surface area contributed by atoms with Gasteiger partial charge in [0.15, 0.2) is 0 Å². The van der Waals surface area contributed by atoms with Crippen molar-refractivity contribution in [3.05, 3.63) is 34.9 Å². The number of rotatable bonds is 2. The van der Waals surface area contributed by atoms with Gasteiger partial charge in [-0.25, -0.2) is 0 Å². The highest BCUT2D eigenvalue weighted by atomic mass is 14.7. The van der Waals surface area contributed by atoms with Crippen molar-refractivity contribution in [1.29, 1.82) is 0 Å². The quantitative estimate of drug-likeness (QED) is 0.799. The molecule has 16 heavy (non-hydrogen) atoms. The maximum absolute atomic E-state index is 6.44. The maximum atomic E-state index is 6.44. The lowest BCUT2D eigenvalue weighted by Crippen LogP contribution is -2.24. The molecule has 1 atom stereocenters. The molecule has 2 N–H and O–H groups in total. The first-order valence-corrected chi connectivity index (χ1v) is 6.52. The highest BCUT2D eigenvalue weighted by Crippen LogP contribution is 2.34. The number of nitrogens with two attached hydrogens (primary N) is 1. The molecule has 1 nitrogen and oxygen atoms in total. The third-order valence-corrected chi connectivity index (χ3v) is 4.16. The summed E-state index contributed by atoms with van der Waals surface area (Å²) in [7, 11) is 0. The van der Waals surface area contributed by atoms with Gasteiger partial charge in [-0.3, -0.25) is 0 Å². The molecule has 2 rings (SSSR count). The van der Waals surface area contributed by atoms with Crippen molar-refractivity contribution in [2.45, 2.75) is 52.0 Å². The van der Waals surface area contributed by atoms with E-state index in [1.54, 1.807) is 0 Å². The molecule has 0 unspecified atom stereocenters. The van der Waals surface area contributed by atoms with Gasteiger partial charge in [-0.05, 0) is 49.3 Å². The predicted molar refractivity (Wildman–Crippen MR) is 69.4 cm³/mol. The van der Waals surface area contributed by atoms with Gasteiger partial charge in [0.25, 0.3) is 0 Å². The van der Waals surface area contributed by atoms with E-state index in [1.807, 2.05) is 0 Å². The van der Waals surface area contributed by atoms with E-state index in [0.29, 0.717) is 5.92 Å². The van der Waals surface area contributed by atoms with Crippen LogP contribution in [0.4, 0.5) is 0 Å². The summed E-state index contributed by atoms with van der Waals surface area (Å²) in [5.41, 5.74) is 10.6. The summed E-state index contributed by atoms with van der Waals surface area (Å²) in [4.78, 5) is 0. The van der Waals surface area contributed by atoms with Crippen molar-refractivity contribution < 1.29 is 0 Å². The number of aryl methyl sites for hydroxylation is 1. The minimum atomic E-state index is 0.250. The third-order valence-electron chi connectivity index (χ3n) is 4.16. The van der Waals surface area contributed by atoms with Crippen LogP contribution in [-0.4, -0.2) is 0 Å². The Morgan fingerprint density at radius 2 is 1.81 bits per heavy atom. The molecule has 0 heterocycles. The Morgan fingerprint density at radius 1 is 1.12 bits per heavy atom. The average molecular weight is 217 g/mol. The number of hydrogen-bond donors (Lipinski definition) is 1. The summed E-state index contributed by atoms with van der Waals surface area (Å²) in [6, 6.07) is 6.77. The van der Waals surface area contributed by atoms with Gasteiger partial charge in [-0.1, -0.05) is 37.5 Å². The zero-order valence-corrected chi connectivity index (χ0v) is 10.5. The highest BCUT2D eigenvalue weighted by molar-refractivity contribution is 5.35. The van der Waals surface area contributed by atoms with E-state index in [0.717, 1.165) is 0 Å². The largest absolute Gasteiger partial charge is 0.324 e. The van der Waals surface area contributed by atoms with E-state index in [2.05, 4.69) is 32.0 Å². The van der Waals surface area contributed by atoms with Crippen LogP contribution in [0.1, 0.15) is 54.8 Å². The summed E-state index contributed by atoms with van der Waals surface area (Å²) < 4.78 is 0. The van der Waals surface area contributed by atoms with Crippen molar-refractivity contribution in [2.75, 3.05) is 0 Å². The molecule has 0 spiro atoms. The molecule has 0 amide bonds. The predicted octanol–water partition coefficient (Wildman–Crippen LogP) is 3.88. The smallest absolute Gasteiger partial charge is 0.0326 e. The van der Waals surface area contributed by atoms with Crippen LogP contribution < -0.4 is 5.73 Å². The van der Waals surface area contributed by atoms with Crippen LogP contribution in [0.2, 0.25) is 0 Å². The van der Waals surface area contributed by atoms with Crippen molar-refractivity contribution in [3.63, 3.8) is 0 Å². The molecule has 1 heteroatoms. The minimum Gasteiger partial charge on any atom is -0.324 e. The van der Waals surface area contributed by atoms with Crippen LogP contribution in [0, 0.1) is 19.8 Å². The zero-order valence-electron chi connectivity index (χ0n) is 10.5. The van der Waals surface area contributed by atoms with E-state index in [9.17, 15) is 0 Å². The summed E-state index contributed by atoms with van der Waals surface area (Å²) in [6.45, 7) is 4.37. The molecule has 1 aliphatic carbocycles. The Bertz CT molecular complexity index is 350. The Balaban J connectivity index is 2.19. The molecule has 1 fully saturated rings. The number of benzene rings is 1. The summed E-state index contributed by atoms with van der Waals surface area (Å²) in [5, 5.41) is 0. The first-order valence-electron chi connectivity index (χ1n) is 6.52. The second-order valence-electron chi connectivity index (χ2n) is 5.21. The molecule has 1 aromatic carbocycles. The van der Waals surface area contributed by atoms with Gasteiger partial charge in [0.2, 0.25) is 0 Å². The van der Waals surface area contributed by atoms with Gasteiger partial charge in [0, 0.05) is 6.04 Å².